The van der Waals surface area contributed by atoms with Crippen LogP contribution in [0.4, 0.5) is 0 Å². The molecule has 5 nitrogen and oxygen atoms in total. The number of rotatable bonds is 2. The van der Waals surface area contributed by atoms with Crippen LogP contribution in [0.15, 0.2) is 47.1 Å². The maximum absolute atomic E-state index is 11.2. The molecule has 1 aliphatic heterocycles. The Labute approximate surface area is 90.7 Å². The molecule has 16 heavy (non-hydrogen) atoms. The highest BCUT2D eigenvalue weighted by Gasteiger charge is 2.24. The molecule has 0 saturated carbocycles. The maximum atomic E-state index is 11.2. The van der Waals surface area contributed by atoms with E-state index in [0.717, 1.165) is 6.08 Å². The highest BCUT2D eigenvalue weighted by atomic mass is 16.6. The van der Waals surface area contributed by atoms with Crippen LogP contribution in [0, 0.1) is 0 Å². The third kappa shape index (κ3) is 1.98. The zero-order chi connectivity index (χ0) is 11.5. The third-order valence-electron chi connectivity index (χ3n) is 1.90. The van der Waals surface area contributed by atoms with Gasteiger partial charge in [0.1, 0.15) is 0 Å². The maximum Gasteiger partial charge on any atom is 0.364 e. The zero-order valence-corrected chi connectivity index (χ0v) is 8.08. The molecule has 1 heterocycles. The van der Waals surface area contributed by atoms with E-state index in [1.807, 2.05) is 6.07 Å². The molecule has 0 amide bonds. The Bertz CT molecular complexity index is 502. The van der Waals surface area contributed by atoms with Gasteiger partial charge in [0.2, 0.25) is 5.90 Å². The first-order chi connectivity index (χ1) is 7.66. The summed E-state index contributed by atoms with van der Waals surface area (Å²) >= 11 is 0. The van der Waals surface area contributed by atoms with Crippen molar-refractivity contribution in [3.63, 3.8) is 0 Å². The lowest BCUT2D eigenvalue weighted by Crippen LogP contribution is -2.05. The second-order valence-corrected chi connectivity index (χ2v) is 3.04. The molecule has 0 saturated heterocycles. The Morgan fingerprint density at radius 3 is 2.62 bits per heavy atom. The second-order valence-electron chi connectivity index (χ2n) is 3.04. The molecular formula is C11H7NO4. The molecule has 1 aromatic carbocycles. The van der Waals surface area contributed by atoms with Crippen LogP contribution in [0.2, 0.25) is 0 Å². The molecule has 0 radical (unpaired) electrons. The Morgan fingerprint density at radius 2 is 2.00 bits per heavy atom. The lowest BCUT2D eigenvalue weighted by molar-refractivity contribution is -0.133. The number of carbonyl (C=O) groups excluding carboxylic acids is 1. The molecule has 1 N–H and O–H groups in total. The van der Waals surface area contributed by atoms with Gasteiger partial charge in [-0.05, 0) is 12.1 Å². The first kappa shape index (κ1) is 10.1. The summed E-state index contributed by atoms with van der Waals surface area (Å²) in [6.45, 7) is 0. The van der Waals surface area contributed by atoms with Gasteiger partial charge < -0.3 is 9.84 Å². The average Bonchev–Trinajstić information content (AvgIpc) is 2.61. The molecule has 0 unspecified atom stereocenters. The molecule has 2 rings (SSSR count). The Morgan fingerprint density at radius 1 is 1.31 bits per heavy atom. The standard InChI is InChI=1S/C11H7NO4/c13-9(14)6-8-11(15)16-10(12-8)7-4-2-1-3-5-7/h1-6H,(H,13,14)/b8-6+. The summed E-state index contributed by atoms with van der Waals surface area (Å²) in [5.74, 6) is -1.86. The largest absolute Gasteiger partial charge is 0.478 e. The fraction of sp³-hybridized carbons (Fsp3) is 0. The molecule has 0 atom stereocenters. The lowest BCUT2D eigenvalue weighted by Gasteiger charge is -1.97. The number of esters is 1. The first-order valence-electron chi connectivity index (χ1n) is 4.48. The highest BCUT2D eigenvalue weighted by Crippen LogP contribution is 2.15. The van der Waals surface area contributed by atoms with Crippen molar-refractivity contribution in [3.8, 4) is 0 Å². The van der Waals surface area contributed by atoms with Crippen molar-refractivity contribution in [3.05, 3.63) is 47.7 Å². The van der Waals surface area contributed by atoms with E-state index in [-0.39, 0.29) is 11.6 Å². The van der Waals surface area contributed by atoms with Crippen molar-refractivity contribution in [2.45, 2.75) is 0 Å². The molecule has 0 fully saturated rings. The summed E-state index contributed by atoms with van der Waals surface area (Å²) in [6.07, 6.45) is 0.721. The van der Waals surface area contributed by atoms with Crippen LogP contribution in [0.25, 0.3) is 0 Å². The SMILES string of the molecule is O=C(O)/C=C1/N=C(c2ccccc2)OC1=O. The second kappa shape index (κ2) is 3.98. The minimum atomic E-state index is -1.23. The topological polar surface area (TPSA) is 76.0 Å². The van der Waals surface area contributed by atoms with Crippen molar-refractivity contribution >= 4 is 17.8 Å². The number of hydrogen-bond donors (Lipinski definition) is 1. The Balaban J connectivity index is 2.34. The molecule has 1 aromatic rings. The van der Waals surface area contributed by atoms with Gasteiger partial charge in [0.25, 0.3) is 0 Å². The van der Waals surface area contributed by atoms with E-state index in [4.69, 9.17) is 9.84 Å². The van der Waals surface area contributed by atoms with Gasteiger partial charge in [0.05, 0.1) is 6.08 Å². The molecule has 5 heteroatoms. The van der Waals surface area contributed by atoms with Crippen molar-refractivity contribution < 1.29 is 19.4 Å². The Kier molecular flexibility index (Phi) is 2.51. The fourth-order valence-corrected chi connectivity index (χ4v) is 1.23. The van der Waals surface area contributed by atoms with E-state index in [1.165, 1.54) is 0 Å². The molecule has 0 aromatic heterocycles. The predicted molar refractivity (Wildman–Crippen MR) is 54.8 cm³/mol. The van der Waals surface area contributed by atoms with E-state index in [0.29, 0.717) is 5.56 Å². The van der Waals surface area contributed by atoms with Crippen LogP contribution < -0.4 is 0 Å². The third-order valence-corrected chi connectivity index (χ3v) is 1.90. The quantitative estimate of drug-likeness (QED) is 0.591. The number of aliphatic imine (C=N–C) groups is 1. The minimum Gasteiger partial charge on any atom is -0.478 e. The number of benzene rings is 1. The van der Waals surface area contributed by atoms with E-state index in [9.17, 15) is 9.59 Å². The van der Waals surface area contributed by atoms with Crippen molar-refractivity contribution in [2.24, 2.45) is 4.99 Å². The number of carboxylic acids is 1. The summed E-state index contributed by atoms with van der Waals surface area (Å²) in [4.78, 5) is 25.4. The number of ether oxygens (including phenoxy) is 1. The van der Waals surface area contributed by atoms with E-state index >= 15 is 0 Å². The fourth-order valence-electron chi connectivity index (χ4n) is 1.23. The predicted octanol–water partition coefficient (Wildman–Crippen LogP) is 0.959. The average molecular weight is 217 g/mol. The molecule has 0 spiro atoms. The van der Waals surface area contributed by atoms with Crippen LogP contribution in [0.1, 0.15) is 5.56 Å². The number of aliphatic carboxylic acids is 1. The molecular weight excluding hydrogens is 210 g/mol. The summed E-state index contributed by atoms with van der Waals surface area (Å²) in [5.41, 5.74) is 0.427. The molecule has 1 aliphatic rings. The van der Waals surface area contributed by atoms with Crippen molar-refractivity contribution in [1.29, 1.82) is 0 Å². The monoisotopic (exact) mass is 217 g/mol. The minimum absolute atomic E-state index is 0.123. The smallest absolute Gasteiger partial charge is 0.364 e. The van der Waals surface area contributed by atoms with Gasteiger partial charge in [-0.2, -0.15) is 0 Å². The van der Waals surface area contributed by atoms with E-state index in [2.05, 4.69) is 4.99 Å². The van der Waals surface area contributed by atoms with Gasteiger partial charge in [-0.1, -0.05) is 18.2 Å². The van der Waals surface area contributed by atoms with Crippen LogP contribution in [0.3, 0.4) is 0 Å². The van der Waals surface area contributed by atoms with Crippen LogP contribution in [0.5, 0.6) is 0 Å². The highest BCUT2D eigenvalue weighted by molar-refractivity contribution is 6.12. The van der Waals surface area contributed by atoms with E-state index < -0.39 is 11.9 Å². The van der Waals surface area contributed by atoms with Crippen molar-refractivity contribution in [2.75, 3.05) is 0 Å². The number of hydrogen-bond acceptors (Lipinski definition) is 4. The van der Waals surface area contributed by atoms with Gasteiger partial charge in [-0.3, -0.25) is 0 Å². The molecule has 80 valence electrons. The van der Waals surface area contributed by atoms with Crippen LogP contribution in [-0.2, 0) is 14.3 Å². The number of nitrogens with zero attached hydrogens (tertiary/aromatic N) is 1. The Hall–Kier alpha value is -2.43. The zero-order valence-electron chi connectivity index (χ0n) is 8.08. The summed E-state index contributed by atoms with van der Waals surface area (Å²) in [6, 6.07) is 8.79. The van der Waals surface area contributed by atoms with E-state index in [1.54, 1.807) is 24.3 Å². The van der Waals surface area contributed by atoms with Gasteiger partial charge in [0, 0.05) is 5.56 Å². The summed E-state index contributed by atoms with van der Waals surface area (Å²) in [5, 5.41) is 8.50. The summed E-state index contributed by atoms with van der Waals surface area (Å²) in [7, 11) is 0. The van der Waals surface area contributed by atoms with Gasteiger partial charge in [0.15, 0.2) is 5.70 Å². The van der Waals surface area contributed by atoms with Crippen molar-refractivity contribution in [1.82, 2.24) is 0 Å². The molecule has 0 aliphatic carbocycles. The summed E-state index contributed by atoms with van der Waals surface area (Å²) < 4.78 is 4.84. The number of carboxylic acid groups (broad SMARTS) is 1. The lowest BCUT2D eigenvalue weighted by atomic mass is 10.2. The van der Waals surface area contributed by atoms with Crippen LogP contribution in [-0.4, -0.2) is 22.9 Å². The van der Waals surface area contributed by atoms with Gasteiger partial charge >= 0.3 is 11.9 Å². The number of cyclic esters (lactones) is 1. The molecule has 0 bridgehead atoms. The van der Waals surface area contributed by atoms with Crippen LogP contribution >= 0.6 is 0 Å². The normalized spacial score (nSPS) is 17.1. The van der Waals surface area contributed by atoms with Gasteiger partial charge in [-0.25, -0.2) is 14.6 Å². The number of carbonyl (C=O) groups is 2. The van der Waals surface area contributed by atoms with Gasteiger partial charge in [-0.15, -0.1) is 0 Å². The first-order valence-corrected chi connectivity index (χ1v) is 4.48.